The Morgan fingerprint density at radius 3 is 2.50 bits per heavy atom. The number of nitrogens with one attached hydrogen (secondary N) is 1. The highest BCUT2D eigenvalue weighted by Crippen LogP contribution is 2.32. The summed E-state index contributed by atoms with van der Waals surface area (Å²) >= 11 is 0. The number of aromatic nitrogens is 3. The molecule has 0 atom stereocenters. The van der Waals surface area contributed by atoms with Gasteiger partial charge in [-0.3, -0.25) is 0 Å². The zero-order valence-electron chi connectivity index (χ0n) is 15.2. The highest BCUT2D eigenvalue weighted by atomic mass is 15.0. The summed E-state index contributed by atoms with van der Waals surface area (Å²) in [6.07, 6.45) is 7.36. The summed E-state index contributed by atoms with van der Waals surface area (Å²) in [6.45, 7) is 0. The summed E-state index contributed by atoms with van der Waals surface area (Å²) in [6, 6.07) is 27.1. The third-order valence-corrected chi connectivity index (χ3v) is 4.80. The van der Waals surface area contributed by atoms with E-state index in [9.17, 15) is 0 Å². The van der Waals surface area contributed by atoms with Crippen LogP contribution < -0.4 is 5.32 Å². The van der Waals surface area contributed by atoms with Gasteiger partial charge in [0.1, 0.15) is 5.82 Å². The van der Waals surface area contributed by atoms with E-state index in [1.807, 2.05) is 35.2 Å². The first kappa shape index (κ1) is 16.3. The van der Waals surface area contributed by atoms with Crippen molar-refractivity contribution >= 4 is 22.3 Å². The normalized spacial score (nSPS) is 10.9. The molecule has 0 bridgehead atoms. The van der Waals surface area contributed by atoms with Crippen LogP contribution >= 0.6 is 0 Å². The van der Waals surface area contributed by atoms with Crippen LogP contribution in [0.4, 0.5) is 11.5 Å². The Labute approximate surface area is 163 Å². The Balaban J connectivity index is 1.57. The van der Waals surface area contributed by atoms with Gasteiger partial charge in [-0.2, -0.15) is 0 Å². The van der Waals surface area contributed by atoms with Crippen LogP contribution in [0.25, 0.3) is 27.6 Å². The minimum Gasteiger partial charge on any atom is -0.340 e. The summed E-state index contributed by atoms with van der Waals surface area (Å²) in [7, 11) is 0. The number of fused-ring (bicyclic) bond motifs is 1. The molecule has 5 aromatic rings. The maximum atomic E-state index is 4.60. The number of rotatable bonds is 4. The van der Waals surface area contributed by atoms with Crippen LogP contribution in [0, 0.1) is 0 Å². The van der Waals surface area contributed by atoms with E-state index >= 15 is 0 Å². The first-order chi connectivity index (χ1) is 13.9. The minimum atomic E-state index is 0.845. The molecule has 0 fully saturated rings. The van der Waals surface area contributed by atoms with Gasteiger partial charge in [-0.15, -0.1) is 0 Å². The quantitative estimate of drug-likeness (QED) is 0.437. The van der Waals surface area contributed by atoms with Crippen molar-refractivity contribution in [2.45, 2.75) is 0 Å². The average molecular weight is 362 g/mol. The number of imidazole rings is 1. The van der Waals surface area contributed by atoms with E-state index in [4.69, 9.17) is 0 Å². The first-order valence-electron chi connectivity index (χ1n) is 9.17. The molecule has 0 aliphatic heterocycles. The predicted octanol–water partition coefficient (Wildman–Crippen LogP) is 5.83. The van der Waals surface area contributed by atoms with E-state index in [0.29, 0.717) is 0 Å². The minimum absolute atomic E-state index is 0.845. The van der Waals surface area contributed by atoms with Gasteiger partial charge in [-0.05, 0) is 40.8 Å². The molecule has 3 aromatic carbocycles. The second-order valence-corrected chi connectivity index (χ2v) is 6.57. The van der Waals surface area contributed by atoms with Crippen molar-refractivity contribution in [3.63, 3.8) is 0 Å². The van der Waals surface area contributed by atoms with Crippen molar-refractivity contribution in [3.05, 3.63) is 104 Å². The highest BCUT2D eigenvalue weighted by molar-refractivity contribution is 6.02. The van der Waals surface area contributed by atoms with Crippen molar-refractivity contribution < 1.29 is 0 Å². The van der Waals surface area contributed by atoms with Crippen LogP contribution in [0.15, 0.2) is 104 Å². The van der Waals surface area contributed by atoms with Gasteiger partial charge in [0.05, 0.1) is 6.33 Å². The van der Waals surface area contributed by atoms with Crippen LogP contribution in [-0.2, 0) is 0 Å². The molecule has 0 amide bonds. The fourth-order valence-electron chi connectivity index (χ4n) is 3.47. The second-order valence-electron chi connectivity index (χ2n) is 6.57. The Kier molecular flexibility index (Phi) is 4.07. The number of nitrogens with zero attached hydrogens (tertiary/aromatic N) is 3. The molecule has 2 heterocycles. The smallest absolute Gasteiger partial charge is 0.138 e. The van der Waals surface area contributed by atoms with Crippen molar-refractivity contribution in [1.82, 2.24) is 14.5 Å². The molecule has 0 aliphatic rings. The number of anilines is 2. The number of benzene rings is 3. The molecule has 2 aromatic heterocycles. The molecule has 134 valence electrons. The Bertz CT molecular complexity index is 1230. The van der Waals surface area contributed by atoms with Crippen LogP contribution in [0.2, 0.25) is 0 Å². The summed E-state index contributed by atoms with van der Waals surface area (Å²) < 4.78 is 1.98. The molecule has 0 radical (unpaired) electrons. The van der Waals surface area contributed by atoms with E-state index in [1.54, 1.807) is 12.5 Å². The number of pyridine rings is 1. The third kappa shape index (κ3) is 3.01. The van der Waals surface area contributed by atoms with Crippen LogP contribution in [0.1, 0.15) is 0 Å². The van der Waals surface area contributed by atoms with E-state index in [0.717, 1.165) is 22.6 Å². The van der Waals surface area contributed by atoms with Gasteiger partial charge in [0.25, 0.3) is 0 Å². The summed E-state index contributed by atoms with van der Waals surface area (Å²) in [5.74, 6) is 0.845. The molecule has 5 rings (SSSR count). The highest BCUT2D eigenvalue weighted by Gasteiger charge is 2.08. The zero-order chi connectivity index (χ0) is 18.8. The van der Waals surface area contributed by atoms with Crippen molar-refractivity contribution in [2.75, 3.05) is 5.32 Å². The van der Waals surface area contributed by atoms with E-state index < -0.39 is 0 Å². The lowest BCUT2D eigenvalue weighted by molar-refractivity contribution is 1.06. The molecule has 0 saturated heterocycles. The maximum absolute atomic E-state index is 4.60. The lowest BCUT2D eigenvalue weighted by Crippen LogP contribution is -1.97. The predicted molar refractivity (Wildman–Crippen MR) is 114 cm³/mol. The van der Waals surface area contributed by atoms with Gasteiger partial charge in [-0.25, -0.2) is 9.97 Å². The average Bonchev–Trinajstić information content (AvgIpc) is 3.30. The summed E-state index contributed by atoms with van der Waals surface area (Å²) in [4.78, 5) is 8.72. The molecule has 28 heavy (non-hydrogen) atoms. The maximum Gasteiger partial charge on any atom is 0.138 e. The summed E-state index contributed by atoms with van der Waals surface area (Å²) in [5.41, 5.74) is 4.44. The van der Waals surface area contributed by atoms with Gasteiger partial charge in [0, 0.05) is 35.4 Å². The van der Waals surface area contributed by atoms with Gasteiger partial charge in [0.15, 0.2) is 0 Å². The monoisotopic (exact) mass is 362 g/mol. The van der Waals surface area contributed by atoms with Gasteiger partial charge >= 0.3 is 0 Å². The van der Waals surface area contributed by atoms with E-state index in [-0.39, 0.29) is 0 Å². The lowest BCUT2D eigenvalue weighted by atomic mass is 9.99. The standard InChI is InChI=1S/C24H18N4/c1-2-6-18(7-3-1)21-10-5-11-23-22(21)12-13-26-24(23)27-19-8-4-9-20(16-19)28-15-14-25-17-28/h1-17H,(H,26,27). The molecule has 0 saturated carbocycles. The summed E-state index contributed by atoms with van der Waals surface area (Å²) in [5, 5.41) is 5.76. The molecule has 1 N–H and O–H groups in total. The molecule has 4 nitrogen and oxygen atoms in total. The Morgan fingerprint density at radius 2 is 1.64 bits per heavy atom. The van der Waals surface area contributed by atoms with E-state index in [1.165, 1.54) is 16.5 Å². The van der Waals surface area contributed by atoms with Crippen molar-refractivity contribution in [3.8, 4) is 16.8 Å². The Morgan fingerprint density at radius 1 is 0.750 bits per heavy atom. The second kappa shape index (κ2) is 7.00. The van der Waals surface area contributed by atoms with Crippen LogP contribution in [0.3, 0.4) is 0 Å². The molecular weight excluding hydrogens is 344 g/mol. The third-order valence-electron chi connectivity index (χ3n) is 4.80. The SMILES string of the molecule is c1ccc(-c2cccc3c(Nc4cccc(-n5ccnc5)c4)nccc23)cc1. The lowest BCUT2D eigenvalue weighted by Gasteiger charge is -2.13. The van der Waals surface area contributed by atoms with Crippen LogP contribution in [-0.4, -0.2) is 14.5 Å². The van der Waals surface area contributed by atoms with E-state index in [2.05, 4.69) is 75.9 Å². The largest absolute Gasteiger partial charge is 0.340 e. The number of hydrogen-bond donors (Lipinski definition) is 1. The van der Waals surface area contributed by atoms with Gasteiger partial charge in [0.2, 0.25) is 0 Å². The fourth-order valence-corrected chi connectivity index (χ4v) is 3.47. The fraction of sp³-hybridized carbons (Fsp3) is 0. The molecule has 0 unspecified atom stereocenters. The van der Waals surface area contributed by atoms with Crippen molar-refractivity contribution in [2.24, 2.45) is 0 Å². The first-order valence-corrected chi connectivity index (χ1v) is 9.17. The molecule has 4 heteroatoms. The zero-order valence-corrected chi connectivity index (χ0v) is 15.2. The van der Waals surface area contributed by atoms with Crippen molar-refractivity contribution in [1.29, 1.82) is 0 Å². The topological polar surface area (TPSA) is 42.7 Å². The van der Waals surface area contributed by atoms with Gasteiger partial charge < -0.3 is 9.88 Å². The Hall–Kier alpha value is -3.92. The number of hydrogen-bond acceptors (Lipinski definition) is 3. The molecular formula is C24H18N4. The van der Waals surface area contributed by atoms with Gasteiger partial charge in [-0.1, -0.05) is 54.6 Å². The molecule has 0 spiro atoms. The van der Waals surface area contributed by atoms with Crippen LogP contribution in [0.5, 0.6) is 0 Å². The molecule has 0 aliphatic carbocycles.